The predicted molar refractivity (Wildman–Crippen MR) is 73.9 cm³/mol. The van der Waals surface area contributed by atoms with E-state index in [9.17, 15) is 14.4 Å². The maximum absolute atomic E-state index is 11.3. The van der Waals surface area contributed by atoms with Crippen LogP contribution in [0.5, 0.6) is 0 Å². The van der Waals surface area contributed by atoms with Gasteiger partial charge in [-0.25, -0.2) is 0 Å². The van der Waals surface area contributed by atoms with Gasteiger partial charge in [0.15, 0.2) is 0 Å². The summed E-state index contributed by atoms with van der Waals surface area (Å²) in [5.41, 5.74) is 0. The van der Waals surface area contributed by atoms with E-state index in [0.29, 0.717) is 0 Å². The van der Waals surface area contributed by atoms with Crippen LogP contribution >= 0.6 is 46.2 Å². The molecular weight excluding hydrogens is 316 g/mol. The van der Waals surface area contributed by atoms with Gasteiger partial charge in [0.2, 0.25) is 0 Å². The molecule has 0 amide bonds. The van der Waals surface area contributed by atoms with E-state index in [-0.39, 0.29) is 27.5 Å². The number of methoxy groups -OCH3 is 2. The molecule has 18 heavy (non-hydrogen) atoms. The van der Waals surface area contributed by atoms with E-state index in [0.717, 1.165) is 31.1 Å². The van der Waals surface area contributed by atoms with Crippen molar-refractivity contribution in [1.82, 2.24) is 0 Å². The van der Waals surface area contributed by atoms with E-state index in [2.05, 4.69) is 9.47 Å². The fourth-order valence-electron chi connectivity index (χ4n) is 0.799. The SMILES string of the molecule is COC(=O)CSc1sc(=O)sc1SCC(=O)OC. The molecule has 0 bridgehead atoms. The molecule has 0 unspecified atom stereocenters. The molecule has 0 N–H and O–H groups in total. The van der Waals surface area contributed by atoms with Gasteiger partial charge in [0.05, 0.1) is 34.1 Å². The maximum Gasteiger partial charge on any atom is 0.316 e. The molecule has 0 saturated heterocycles. The van der Waals surface area contributed by atoms with Gasteiger partial charge < -0.3 is 9.47 Å². The van der Waals surface area contributed by atoms with Crippen LogP contribution in [0, 0.1) is 0 Å². The third-order valence-corrected chi connectivity index (χ3v) is 6.65. The second kappa shape index (κ2) is 7.82. The molecule has 0 saturated carbocycles. The number of thioether (sulfide) groups is 2. The van der Waals surface area contributed by atoms with Gasteiger partial charge in [-0.3, -0.25) is 14.4 Å². The maximum atomic E-state index is 11.3. The lowest BCUT2D eigenvalue weighted by atomic mass is 10.8. The molecule has 0 aliphatic carbocycles. The number of esters is 2. The Bertz CT molecular complexity index is 437. The average Bonchev–Trinajstić information content (AvgIpc) is 2.73. The summed E-state index contributed by atoms with van der Waals surface area (Å²) in [6.45, 7) is 0. The van der Waals surface area contributed by atoms with Gasteiger partial charge in [-0.2, -0.15) is 0 Å². The normalized spacial score (nSPS) is 10.1. The molecular formula is C9H10O5S4. The topological polar surface area (TPSA) is 69.7 Å². The first-order valence-electron chi connectivity index (χ1n) is 4.60. The Balaban J connectivity index is 2.64. The zero-order chi connectivity index (χ0) is 13.5. The van der Waals surface area contributed by atoms with Crippen molar-refractivity contribution in [2.45, 2.75) is 8.42 Å². The van der Waals surface area contributed by atoms with Crippen LogP contribution < -0.4 is 4.06 Å². The van der Waals surface area contributed by atoms with E-state index in [1.807, 2.05) is 0 Å². The fraction of sp³-hybridized carbons (Fsp3) is 0.444. The summed E-state index contributed by atoms with van der Waals surface area (Å²) in [7, 11) is 2.62. The first-order valence-corrected chi connectivity index (χ1v) is 8.20. The Hall–Kier alpha value is -0.510. The van der Waals surface area contributed by atoms with Crippen LogP contribution in [0.4, 0.5) is 0 Å². The van der Waals surface area contributed by atoms with Crippen molar-refractivity contribution in [3.63, 3.8) is 0 Å². The molecule has 1 rings (SSSR count). The summed E-state index contributed by atoms with van der Waals surface area (Å²) in [4.78, 5) is 33.4. The minimum Gasteiger partial charge on any atom is -0.468 e. The van der Waals surface area contributed by atoms with Crippen LogP contribution in [-0.4, -0.2) is 37.7 Å². The van der Waals surface area contributed by atoms with E-state index in [1.165, 1.54) is 37.7 Å². The van der Waals surface area contributed by atoms with Crippen molar-refractivity contribution in [3.05, 3.63) is 8.85 Å². The average molecular weight is 326 g/mol. The van der Waals surface area contributed by atoms with Gasteiger partial charge in [-0.15, -0.1) is 23.5 Å². The van der Waals surface area contributed by atoms with Crippen LogP contribution in [0.2, 0.25) is 0 Å². The summed E-state index contributed by atoms with van der Waals surface area (Å²) in [6, 6.07) is 0. The van der Waals surface area contributed by atoms with Gasteiger partial charge in [0, 0.05) is 0 Å². The number of carbonyl (C=O) groups excluding carboxylic acids is 2. The van der Waals surface area contributed by atoms with Crippen molar-refractivity contribution in [1.29, 1.82) is 0 Å². The first kappa shape index (κ1) is 15.5. The van der Waals surface area contributed by atoms with E-state index < -0.39 is 0 Å². The molecule has 5 nitrogen and oxygen atoms in total. The van der Waals surface area contributed by atoms with Crippen LogP contribution in [0.3, 0.4) is 0 Å². The Morgan fingerprint density at radius 3 is 1.72 bits per heavy atom. The quantitative estimate of drug-likeness (QED) is 0.582. The predicted octanol–water partition coefficient (Wildman–Crippen LogP) is 1.70. The molecule has 0 aliphatic rings. The van der Waals surface area contributed by atoms with E-state index >= 15 is 0 Å². The smallest absolute Gasteiger partial charge is 0.316 e. The van der Waals surface area contributed by atoms with E-state index in [4.69, 9.17) is 0 Å². The standard InChI is InChI=1S/C9H10O5S4/c1-13-5(10)3-15-7-8(18-9(12)17-7)16-4-6(11)14-2/h3-4H2,1-2H3. The molecule has 1 aromatic rings. The monoisotopic (exact) mass is 326 g/mol. The molecule has 9 heteroatoms. The number of carbonyl (C=O) groups is 2. The number of ether oxygens (including phenoxy) is 2. The highest BCUT2D eigenvalue weighted by Gasteiger charge is 2.14. The molecule has 0 aromatic carbocycles. The zero-order valence-electron chi connectivity index (χ0n) is 9.59. The van der Waals surface area contributed by atoms with Crippen LogP contribution in [0.15, 0.2) is 13.2 Å². The molecule has 0 aliphatic heterocycles. The van der Waals surface area contributed by atoms with Gasteiger partial charge in [0.1, 0.15) is 0 Å². The van der Waals surface area contributed by atoms with Gasteiger partial charge in [0.25, 0.3) is 4.06 Å². The fourth-order valence-corrected chi connectivity index (χ4v) is 5.71. The van der Waals surface area contributed by atoms with Crippen LogP contribution in [0.1, 0.15) is 0 Å². The zero-order valence-corrected chi connectivity index (χ0v) is 12.9. The van der Waals surface area contributed by atoms with Crippen molar-refractivity contribution in [2.75, 3.05) is 25.7 Å². The van der Waals surface area contributed by atoms with E-state index in [1.54, 1.807) is 0 Å². The highest BCUT2D eigenvalue weighted by Crippen LogP contribution is 2.36. The van der Waals surface area contributed by atoms with Crippen molar-refractivity contribution in [2.24, 2.45) is 0 Å². The Labute approximate surface area is 120 Å². The molecule has 100 valence electrons. The Morgan fingerprint density at radius 2 is 1.39 bits per heavy atom. The second-order valence-electron chi connectivity index (χ2n) is 2.76. The Morgan fingerprint density at radius 1 is 1.00 bits per heavy atom. The molecule has 0 atom stereocenters. The van der Waals surface area contributed by atoms with Crippen molar-refractivity contribution < 1.29 is 19.1 Å². The molecule has 1 aromatic heterocycles. The van der Waals surface area contributed by atoms with Crippen molar-refractivity contribution in [3.8, 4) is 0 Å². The summed E-state index contributed by atoms with van der Waals surface area (Å²) in [5, 5.41) is 0. The summed E-state index contributed by atoms with van der Waals surface area (Å²) in [6.07, 6.45) is 0. The Kier molecular flexibility index (Phi) is 6.76. The number of hydrogen-bond donors (Lipinski definition) is 0. The minimum absolute atomic E-state index is 0.0604. The van der Waals surface area contributed by atoms with Crippen LogP contribution in [0.25, 0.3) is 0 Å². The van der Waals surface area contributed by atoms with Crippen LogP contribution in [-0.2, 0) is 19.1 Å². The van der Waals surface area contributed by atoms with Gasteiger partial charge in [-0.1, -0.05) is 22.7 Å². The number of hydrogen-bond acceptors (Lipinski definition) is 9. The molecule has 1 heterocycles. The lowest BCUT2D eigenvalue weighted by Gasteiger charge is -2.01. The molecule has 0 radical (unpaired) electrons. The van der Waals surface area contributed by atoms with Gasteiger partial charge >= 0.3 is 11.9 Å². The van der Waals surface area contributed by atoms with Gasteiger partial charge in [-0.05, 0) is 0 Å². The third-order valence-electron chi connectivity index (χ3n) is 1.62. The third kappa shape index (κ3) is 5.01. The summed E-state index contributed by atoms with van der Waals surface area (Å²) < 4.78 is 10.5. The highest BCUT2D eigenvalue weighted by molar-refractivity contribution is 8.05. The number of rotatable bonds is 6. The first-order chi connectivity index (χ1) is 8.56. The summed E-state index contributed by atoms with van der Waals surface area (Å²) in [5.74, 6) is -0.409. The highest BCUT2D eigenvalue weighted by atomic mass is 32.2. The lowest BCUT2D eigenvalue weighted by Crippen LogP contribution is -2.03. The summed E-state index contributed by atoms with van der Waals surface area (Å²) >= 11 is 4.63. The minimum atomic E-state index is -0.352. The lowest BCUT2D eigenvalue weighted by molar-refractivity contribution is -0.138. The second-order valence-corrected chi connectivity index (χ2v) is 7.47. The molecule has 0 fully saturated rings. The molecule has 0 spiro atoms. The largest absolute Gasteiger partial charge is 0.468 e. The van der Waals surface area contributed by atoms with Crippen molar-refractivity contribution >= 4 is 58.1 Å².